The minimum Gasteiger partial charge on any atom is -0.476 e. The van der Waals surface area contributed by atoms with Gasteiger partial charge in [0, 0.05) is 18.6 Å². The summed E-state index contributed by atoms with van der Waals surface area (Å²) in [6, 6.07) is 3.38. The number of carbonyl (C=O) groups is 1. The van der Waals surface area contributed by atoms with Gasteiger partial charge in [-0.05, 0) is 19.1 Å². The van der Waals surface area contributed by atoms with Gasteiger partial charge in [-0.3, -0.25) is 4.98 Å². The number of rotatable bonds is 3. The van der Waals surface area contributed by atoms with Crippen molar-refractivity contribution in [2.24, 2.45) is 0 Å². The molecule has 0 fully saturated rings. The molecule has 17 heavy (non-hydrogen) atoms. The van der Waals surface area contributed by atoms with Crippen molar-refractivity contribution in [2.45, 2.75) is 6.92 Å². The standard InChI is InChI=1S/C11H9N3O3/c1-7-8(3-2-4-12-7)17-10-9(11(15)16)13-5-6-14-10/h2-6H,1H3,(H,15,16). The molecule has 0 amide bonds. The summed E-state index contributed by atoms with van der Waals surface area (Å²) in [5, 5.41) is 8.91. The summed E-state index contributed by atoms with van der Waals surface area (Å²) < 4.78 is 5.38. The van der Waals surface area contributed by atoms with E-state index in [4.69, 9.17) is 9.84 Å². The minimum atomic E-state index is -1.19. The van der Waals surface area contributed by atoms with Crippen LogP contribution in [-0.4, -0.2) is 26.0 Å². The van der Waals surface area contributed by atoms with Crippen molar-refractivity contribution in [3.63, 3.8) is 0 Å². The normalized spacial score (nSPS) is 9.94. The number of pyridine rings is 1. The van der Waals surface area contributed by atoms with Gasteiger partial charge in [0.25, 0.3) is 5.88 Å². The zero-order valence-corrected chi connectivity index (χ0v) is 8.99. The molecule has 6 heteroatoms. The van der Waals surface area contributed by atoms with E-state index in [0.29, 0.717) is 11.4 Å². The lowest BCUT2D eigenvalue weighted by Crippen LogP contribution is -2.05. The predicted molar refractivity (Wildman–Crippen MR) is 58.0 cm³/mol. The Morgan fingerprint density at radius 2 is 2.00 bits per heavy atom. The van der Waals surface area contributed by atoms with Crippen LogP contribution in [0.3, 0.4) is 0 Å². The van der Waals surface area contributed by atoms with E-state index < -0.39 is 5.97 Å². The molecular formula is C11H9N3O3. The molecule has 0 saturated carbocycles. The number of aryl methyl sites for hydroxylation is 1. The Labute approximate surface area is 96.9 Å². The maximum atomic E-state index is 10.9. The first-order chi connectivity index (χ1) is 8.18. The van der Waals surface area contributed by atoms with Crippen LogP contribution in [0, 0.1) is 6.92 Å². The molecule has 0 unspecified atom stereocenters. The third kappa shape index (κ3) is 2.36. The highest BCUT2D eigenvalue weighted by Gasteiger charge is 2.15. The summed E-state index contributed by atoms with van der Waals surface area (Å²) in [5.41, 5.74) is 0.422. The van der Waals surface area contributed by atoms with Gasteiger partial charge in [0.1, 0.15) is 0 Å². The summed E-state index contributed by atoms with van der Waals surface area (Å²) >= 11 is 0. The summed E-state index contributed by atoms with van der Waals surface area (Å²) in [4.78, 5) is 22.5. The van der Waals surface area contributed by atoms with E-state index >= 15 is 0 Å². The highest BCUT2D eigenvalue weighted by Crippen LogP contribution is 2.23. The zero-order chi connectivity index (χ0) is 12.3. The zero-order valence-electron chi connectivity index (χ0n) is 8.99. The van der Waals surface area contributed by atoms with Crippen molar-refractivity contribution in [2.75, 3.05) is 0 Å². The van der Waals surface area contributed by atoms with E-state index in [1.807, 2.05) is 0 Å². The second-order valence-electron chi connectivity index (χ2n) is 3.20. The molecule has 2 heterocycles. The smallest absolute Gasteiger partial charge is 0.360 e. The molecule has 6 nitrogen and oxygen atoms in total. The molecule has 0 aliphatic carbocycles. The fourth-order valence-corrected chi connectivity index (χ4v) is 1.23. The molecular weight excluding hydrogens is 222 g/mol. The number of aromatic nitrogens is 3. The van der Waals surface area contributed by atoms with Crippen LogP contribution in [0.5, 0.6) is 11.6 Å². The molecule has 0 radical (unpaired) electrons. The number of hydrogen-bond donors (Lipinski definition) is 1. The van der Waals surface area contributed by atoms with Crippen molar-refractivity contribution in [1.29, 1.82) is 0 Å². The highest BCUT2D eigenvalue weighted by molar-refractivity contribution is 5.87. The van der Waals surface area contributed by atoms with Gasteiger partial charge in [-0.1, -0.05) is 0 Å². The average Bonchev–Trinajstić information content (AvgIpc) is 2.32. The molecule has 0 spiro atoms. The van der Waals surface area contributed by atoms with Gasteiger partial charge in [-0.25, -0.2) is 14.8 Å². The monoisotopic (exact) mass is 231 g/mol. The van der Waals surface area contributed by atoms with Gasteiger partial charge in [0.2, 0.25) is 5.69 Å². The Balaban J connectivity index is 2.37. The quantitative estimate of drug-likeness (QED) is 0.864. The third-order valence-corrected chi connectivity index (χ3v) is 2.03. The molecule has 2 aromatic rings. The largest absolute Gasteiger partial charge is 0.476 e. The summed E-state index contributed by atoms with van der Waals surface area (Å²) in [5.74, 6) is -0.777. The lowest BCUT2D eigenvalue weighted by atomic mass is 10.3. The molecule has 0 aromatic carbocycles. The van der Waals surface area contributed by atoms with Gasteiger partial charge in [0.15, 0.2) is 5.75 Å². The van der Waals surface area contributed by atoms with Crippen molar-refractivity contribution in [3.8, 4) is 11.6 Å². The van der Waals surface area contributed by atoms with Crippen molar-refractivity contribution in [3.05, 3.63) is 42.1 Å². The van der Waals surface area contributed by atoms with E-state index in [1.54, 1.807) is 25.3 Å². The number of carboxylic acid groups (broad SMARTS) is 1. The van der Waals surface area contributed by atoms with Crippen molar-refractivity contribution in [1.82, 2.24) is 15.0 Å². The fraction of sp³-hybridized carbons (Fsp3) is 0.0909. The fourth-order valence-electron chi connectivity index (χ4n) is 1.23. The molecule has 0 aliphatic rings. The van der Waals surface area contributed by atoms with Gasteiger partial charge in [-0.15, -0.1) is 0 Å². The van der Waals surface area contributed by atoms with E-state index in [0.717, 1.165) is 0 Å². The van der Waals surface area contributed by atoms with Crippen LogP contribution in [0.2, 0.25) is 0 Å². The Hall–Kier alpha value is -2.50. The van der Waals surface area contributed by atoms with Crippen molar-refractivity contribution >= 4 is 5.97 Å². The first-order valence-electron chi connectivity index (χ1n) is 4.82. The maximum Gasteiger partial charge on any atom is 0.360 e. The van der Waals surface area contributed by atoms with Crippen LogP contribution in [-0.2, 0) is 0 Å². The summed E-state index contributed by atoms with van der Waals surface area (Å²) in [7, 11) is 0. The van der Waals surface area contributed by atoms with Gasteiger partial charge in [-0.2, -0.15) is 0 Å². The number of hydrogen-bond acceptors (Lipinski definition) is 5. The Bertz CT molecular complexity index is 557. The Kier molecular flexibility index (Phi) is 2.95. The first kappa shape index (κ1) is 11.0. The highest BCUT2D eigenvalue weighted by atomic mass is 16.5. The molecule has 86 valence electrons. The first-order valence-corrected chi connectivity index (χ1v) is 4.82. The van der Waals surface area contributed by atoms with Crippen LogP contribution in [0.1, 0.15) is 16.2 Å². The number of carboxylic acids is 1. The molecule has 0 bridgehead atoms. The molecule has 0 aliphatic heterocycles. The second-order valence-corrected chi connectivity index (χ2v) is 3.20. The molecule has 0 saturated heterocycles. The topological polar surface area (TPSA) is 85.2 Å². The van der Waals surface area contributed by atoms with E-state index in [1.165, 1.54) is 12.4 Å². The van der Waals surface area contributed by atoms with Crippen LogP contribution in [0.4, 0.5) is 0 Å². The van der Waals surface area contributed by atoms with Gasteiger partial charge in [0.05, 0.1) is 5.69 Å². The Morgan fingerprint density at radius 1 is 1.24 bits per heavy atom. The van der Waals surface area contributed by atoms with E-state index in [-0.39, 0.29) is 11.6 Å². The van der Waals surface area contributed by atoms with Gasteiger partial charge < -0.3 is 9.84 Å². The van der Waals surface area contributed by atoms with E-state index in [9.17, 15) is 4.79 Å². The second kappa shape index (κ2) is 4.56. The third-order valence-electron chi connectivity index (χ3n) is 2.03. The van der Waals surface area contributed by atoms with Crippen LogP contribution < -0.4 is 4.74 Å². The van der Waals surface area contributed by atoms with Gasteiger partial charge >= 0.3 is 5.97 Å². The lowest BCUT2D eigenvalue weighted by molar-refractivity contribution is 0.0686. The SMILES string of the molecule is Cc1ncccc1Oc1nccnc1C(=O)O. The lowest BCUT2D eigenvalue weighted by Gasteiger charge is -2.07. The van der Waals surface area contributed by atoms with Crippen molar-refractivity contribution < 1.29 is 14.6 Å². The predicted octanol–water partition coefficient (Wildman–Crippen LogP) is 1.67. The Morgan fingerprint density at radius 3 is 2.71 bits per heavy atom. The van der Waals surface area contributed by atoms with E-state index in [2.05, 4.69) is 15.0 Å². The molecule has 2 aromatic heterocycles. The minimum absolute atomic E-state index is 0.0453. The maximum absolute atomic E-state index is 10.9. The molecule has 1 N–H and O–H groups in total. The summed E-state index contributed by atoms with van der Waals surface area (Å²) in [6.07, 6.45) is 4.29. The van der Waals surface area contributed by atoms with Crippen LogP contribution >= 0.6 is 0 Å². The number of ether oxygens (including phenoxy) is 1. The van der Waals surface area contributed by atoms with Crippen LogP contribution in [0.25, 0.3) is 0 Å². The summed E-state index contributed by atoms with van der Waals surface area (Å²) in [6.45, 7) is 1.76. The van der Waals surface area contributed by atoms with Crippen LogP contribution in [0.15, 0.2) is 30.7 Å². The number of aromatic carboxylic acids is 1. The number of nitrogens with zero attached hydrogens (tertiary/aromatic N) is 3. The molecule has 2 rings (SSSR count). The molecule has 0 atom stereocenters. The average molecular weight is 231 g/mol.